The molecule has 0 aliphatic rings. The Hall–Kier alpha value is -3.52. The molecule has 0 aliphatic carbocycles. The van der Waals surface area contributed by atoms with Crippen LogP contribution in [0, 0.1) is 11.3 Å². The number of methoxy groups -OCH3 is 2. The molecule has 27 heavy (non-hydrogen) atoms. The minimum Gasteiger partial charge on any atom is -0.493 e. The van der Waals surface area contributed by atoms with E-state index in [1.54, 1.807) is 32.4 Å². The third-order valence-corrected chi connectivity index (χ3v) is 3.87. The Morgan fingerprint density at radius 3 is 2.52 bits per heavy atom. The SMILES string of the molecule is COc1ccc(/C=C/C=C(\C#N)C(=O)NCCc2ccccc2)cc1OC. The highest BCUT2D eigenvalue weighted by Crippen LogP contribution is 2.27. The first-order valence-corrected chi connectivity index (χ1v) is 8.50. The molecule has 2 aromatic carbocycles. The minimum atomic E-state index is -0.384. The second-order valence-electron chi connectivity index (χ2n) is 5.66. The fraction of sp³-hybridized carbons (Fsp3) is 0.182. The summed E-state index contributed by atoms with van der Waals surface area (Å²) in [7, 11) is 3.14. The number of nitrogens with one attached hydrogen (secondary N) is 1. The Morgan fingerprint density at radius 2 is 1.85 bits per heavy atom. The van der Waals surface area contributed by atoms with Gasteiger partial charge in [-0.25, -0.2) is 0 Å². The monoisotopic (exact) mass is 362 g/mol. The maximum Gasteiger partial charge on any atom is 0.261 e. The first-order valence-electron chi connectivity index (χ1n) is 8.50. The van der Waals surface area contributed by atoms with Gasteiger partial charge in [-0.3, -0.25) is 4.79 Å². The molecule has 0 aliphatic heterocycles. The van der Waals surface area contributed by atoms with Crippen molar-refractivity contribution in [3.05, 3.63) is 77.4 Å². The van der Waals surface area contributed by atoms with Crippen LogP contribution >= 0.6 is 0 Å². The van der Waals surface area contributed by atoms with Crippen molar-refractivity contribution >= 4 is 12.0 Å². The van der Waals surface area contributed by atoms with Crippen molar-refractivity contribution in [2.45, 2.75) is 6.42 Å². The zero-order valence-electron chi connectivity index (χ0n) is 15.4. The number of nitriles is 1. The maximum atomic E-state index is 12.1. The standard InChI is InChI=1S/C22H22N2O3/c1-26-20-12-11-18(15-21(20)27-2)9-6-10-19(16-23)22(25)24-14-13-17-7-4-3-5-8-17/h3-12,15H,13-14H2,1-2H3,(H,24,25)/b9-6+,19-10+. The van der Waals surface area contributed by atoms with E-state index >= 15 is 0 Å². The second kappa shape index (κ2) is 10.5. The average Bonchev–Trinajstić information content (AvgIpc) is 2.71. The molecule has 0 unspecified atom stereocenters. The van der Waals surface area contributed by atoms with Crippen LogP contribution in [0.1, 0.15) is 11.1 Å². The number of allylic oxidation sites excluding steroid dienone is 2. The topological polar surface area (TPSA) is 71.3 Å². The quantitative estimate of drug-likeness (QED) is 0.443. The van der Waals surface area contributed by atoms with Crippen LogP contribution in [-0.2, 0) is 11.2 Å². The zero-order chi connectivity index (χ0) is 19.5. The summed E-state index contributed by atoms with van der Waals surface area (Å²) in [4.78, 5) is 12.1. The van der Waals surface area contributed by atoms with E-state index in [0.29, 0.717) is 24.5 Å². The van der Waals surface area contributed by atoms with Crippen molar-refractivity contribution in [1.82, 2.24) is 5.32 Å². The number of carbonyl (C=O) groups is 1. The molecule has 0 aromatic heterocycles. The van der Waals surface area contributed by atoms with Crippen LogP contribution in [0.15, 0.2) is 66.3 Å². The molecule has 0 saturated carbocycles. The first-order chi connectivity index (χ1) is 13.2. The van der Waals surface area contributed by atoms with Gasteiger partial charge in [-0.1, -0.05) is 48.6 Å². The van der Waals surface area contributed by atoms with E-state index in [4.69, 9.17) is 9.47 Å². The lowest BCUT2D eigenvalue weighted by molar-refractivity contribution is -0.117. The molecule has 2 rings (SSSR count). The highest BCUT2D eigenvalue weighted by Gasteiger charge is 2.07. The smallest absolute Gasteiger partial charge is 0.261 e. The predicted octanol–water partition coefficient (Wildman–Crippen LogP) is 3.53. The molecule has 1 N–H and O–H groups in total. The average molecular weight is 362 g/mol. The molecule has 0 fully saturated rings. The number of carbonyl (C=O) groups excluding carboxylic acids is 1. The molecule has 0 saturated heterocycles. The molecular formula is C22H22N2O3. The van der Waals surface area contributed by atoms with Crippen LogP contribution in [-0.4, -0.2) is 26.7 Å². The molecule has 2 aromatic rings. The van der Waals surface area contributed by atoms with Crippen LogP contribution in [0.3, 0.4) is 0 Å². The van der Waals surface area contributed by atoms with Gasteiger partial charge in [-0.05, 0) is 35.8 Å². The Balaban J connectivity index is 1.95. The van der Waals surface area contributed by atoms with Gasteiger partial charge in [0.05, 0.1) is 14.2 Å². The summed E-state index contributed by atoms with van der Waals surface area (Å²) in [5.41, 5.74) is 2.05. The third-order valence-electron chi connectivity index (χ3n) is 3.87. The van der Waals surface area contributed by atoms with Gasteiger partial charge in [-0.2, -0.15) is 5.26 Å². The van der Waals surface area contributed by atoms with Gasteiger partial charge in [0.2, 0.25) is 0 Å². The highest BCUT2D eigenvalue weighted by molar-refractivity contribution is 5.97. The summed E-state index contributed by atoms with van der Waals surface area (Å²) in [5.74, 6) is 0.869. The number of amides is 1. The number of benzene rings is 2. The normalized spacial score (nSPS) is 11.1. The van der Waals surface area contributed by atoms with Crippen LogP contribution in [0.5, 0.6) is 11.5 Å². The molecular weight excluding hydrogens is 340 g/mol. The molecule has 138 valence electrons. The summed E-state index contributed by atoms with van der Waals surface area (Å²) in [6.07, 6.45) is 5.66. The Morgan fingerprint density at radius 1 is 1.11 bits per heavy atom. The summed E-state index contributed by atoms with van der Waals surface area (Å²) in [5, 5.41) is 12.0. The third kappa shape index (κ3) is 6.05. The van der Waals surface area contributed by atoms with Crippen molar-refractivity contribution in [1.29, 1.82) is 5.26 Å². The Bertz CT molecular complexity index is 865. The van der Waals surface area contributed by atoms with Crippen LogP contribution in [0.2, 0.25) is 0 Å². The Kier molecular flexibility index (Phi) is 7.68. The first kappa shape index (κ1) is 19.8. The van der Waals surface area contributed by atoms with E-state index in [1.807, 2.05) is 48.5 Å². The largest absolute Gasteiger partial charge is 0.493 e. The summed E-state index contributed by atoms with van der Waals surface area (Å²) in [6, 6.07) is 17.3. The van der Waals surface area contributed by atoms with Gasteiger partial charge in [0.25, 0.3) is 5.91 Å². The van der Waals surface area contributed by atoms with Crippen molar-refractivity contribution in [3.8, 4) is 17.6 Å². The number of hydrogen-bond donors (Lipinski definition) is 1. The van der Waals surface area contributed by atoms with E-state index in [2.05, 4.69) is 5.32 Å². The van der Waals surface area contributed by atoms with E-state index < -0.39 is 0 Å². The van der Waals surface area contributed by atoms with E-state index in [9.17, 15) is 10.1 Å². The van der Waals surface area contributed by atoms with Gasteiger partial charge in [-0.15, -0.1) is 0 Å². The zero-order valence-corrected chi connectivity index (χ0v) is 15.4. The molecule has 5 heteroatoms. The number of hydrogen-bond acceptors (Lipinski definition) is 4. The van der Waals surface area contributed by atoms with Crippen molar-refractivity contribution in [2.24, 2.45) is 0 Å². The molecule has 0 heterocycles. The molecule has 0 bridgehead atoms. The number of ether oxygens (including phenoxy) is 2. The van der Waals surface area contributed by atoms with Gasteiger partial charge < -0.3 is 14.8 Å². The van der Waals surface area contributed by atoms with Crippen LogP contribution < -0.4 is 14.8 Å². The van der Waals surface area contributed by atoms with Gasteiger partial charge in [0, 0.05) is 6.54 Å². The van der Waals surface area contributed by atoms with Crippen LogP contribution in [0.4, 0.5) is 0 Å². The van der Waals surface area contributed by atoms with Crippen molar-refractivity contribution in [3.63, 3.8) is 0 Å². The van der Waals surface area contributed by atoms with Crippen molar-refractivity contribution < 1.29 is 14.3 Å². The van der Waals surface area contributed by atoms with Crippen molar-refractivity contribution in [2.75, 3.05) is 20.8 Å². The fourth-order valence-corrected chi connectivity index (χ4v) is 2.44. The number of nitrogens with zero attached hydrogens (tertiary/aromatic N) is 1. The molecule has 0 atom stereocenters. The molecule has 5 nitrogen and oxygen atoms in total. The minimum absolute atomic E-state index is 0.0554. The summed E-state index contributed by atoms with van der Waals surface area (Å²) in [6.45, 7) is 0.473. The van der Waals surface area contributed by atoms with E-state index in [1.165, 1.54) is 6.08 Å². The maximum absolute atomic E-state index is 12.1. The Labute approximate surface area is 159 Å². The lowest BCUT2D eigenvalue weighted by Crippen LogP contribution is -2.26. The number of rotatable bonds is 8. The van der Waals surface area contributed by atoms with E-state index in [-0.39, 0.29) is 11.5 Å². The van der Waals surface area contributed by atoms with Crippen LogP contribution in [0.25, 0.3) is 6.08 Å². The fourth-order valence-electron chi connectivity index (χ4n) is 2.44. The van der Waals surface area contributed by atoms with Gasteiger partial charge in [0.1, 0.15) is 11.6 Å². The predicted molar refractivity (Wildman–Crippen MR) is 105 cm³/mol. The van der Waals surface area contributed by atoms with Gasteiger partial charge in [0.15, 0.2) is 11.5 Å². The molecule has 0 spiro atoms. The summed E-state index contributed by atoms with van der Waals surface area (Å²) >= 11 is 0. The highest BCUT2D eigenvalue weighted by atomic mass is 16.5. The lowest BCUT2D eigenvalue weighted by Gasteiger charge is -2.07. The molecule has 0 radical (unpaired) electrons. The second-order valence-corrected chi connectivity index (χ2v) is 5.66. The van der Waals surface area contributed by atoms with Gasteiger partial charge >= 0.3 is 0 Å². The van der Waals surface area contributed by atoms with E-state index in [0.717, 1.165) is 11.1 Å². The summed E-state index contributed by atoms with van der Waals surface area (Å²) < 4.78 is 10.4. The molecule has 1 amide bonds. The lowest BCUT2D eigenvalue weighted by atomic mass is 10.1.